The minimum Gasteiger partial charge on any atom is -0.482 e. The second-order valence-electron chi connectivity index (χ2n) is 4.22. The van der Waals surface area contributed by atoms with Gasteiger partial charge in [0.1, 0.15) is 5.75 Å². The molecule has 0 radical (unpaired) electrons. The van der Waals surface area contributed by atoms with Gasteiger partial charge in [0.05, 0.1) is 6.61 Å². The van der Waals surface area contributed by atoms with Crippen molar-refractivity contribution in [1.82, 2.24) is 0 Å². The SMILES string of the molecule is CCOC(=O)COc1ccc(Cl)cc1CC(N)CC. The van der Waals surface area contributed by atoms with Crippen LogP contribution < -0.4 is 10.5 Å². The van der Waals surface area contributed by atoms with Gasteiger partial charge in [-0.1, -0.05) is 18.5 Å². The van der Waals surface area contributed by atoms with Crippen LogP contribution in [0.3, 0.4) is 0 Å². The monoisotopic (exact) mass is 285 g/mol. The fourth-order valence-electron chi connectivity index (χ4n) is 1.61. The molecule has 1 unspecified atom stereocenters. The van der Waals surface area contributed by atoms with Crippen LogP contribution in [0.5, 0.6) is 5.75 Å². The second kappa shape index (κ2) is 8.02. The van der Waals surface area contributed by atoms with E-state index in [1.807, 2.05) is 13.0 Å². The van der Waals surface area contributed by atoms with Crippen LogP contribution in [0.4, 0.5) is 0 Å². The lowest BCUT2D eigenvalue weighted by atomic mass is 10.0. The average Bonchev–Trinajstić information content (AvgIpc) is 2.38. The molecule has 19 heavy (non-hydrogen) atoms. The molecular formula is C14H20ClNO3. The molecule has 1 atom stereocenters. The van der Waals surface area contributed by atoms with E-state index in [9.17, 15) is 4.79 Å². The predicted molar refractivity (Wildman–Crippen MR) is 75.6 cm³/mol. The third kappa shape index (κ3) is 5.49. The molecule has 0 aromatic heterocycles. The van der Waals surface area contributed by atoms with Gasteiger partial charge in [0.15, 0.2) is 6.61 Å². The molecule has 2 N–H and O–H groups in total. The summed E-state index contributed by atoms with van der Waals surface area (Å²) in [5.74, 6) is 0.240. The molecule has 106 valence electrons. The standard InChI is InChI=1S/C14H20ClNO3/c1-3-12(16)8-10-7-11(15)5-6-13(10)19-9-14(17)18-4-2/h5-7,12H,3-4,8-9,16H2,1-2H3. The number of rotatable bonds is 7. The van der Waals surface area contributed by atoms with Crippen molar-refractivity contribution in [2.24, 2.45) is 5.73 Å². The Hall–Kier alpha value is -1.26. The summed E-state index contributed by atoms with van der Waals surface area (Å²) in [5, 5.41) is 0.627. The van der Waals surface area contributed by atoms with Crippen molar-refractivity contribution in [3.05, 3.63) is 28.8 Å². The van der Waals surface area contributed by atoms with E-state index in [0.29, 0.717) is 23.8 Å². The van der Waals surface area contributed by atoms with Crippen molar-refractivity contribution in [1.29, 1.82) is 0 Å². The van der Waals surface area contributed by atoms with Crippen molar-refractivity contribution >= 4 is 17.6 Å². The lowest BCUT2D eigenvalue weighted by Crippen LogP contribution is -2.22. The number of halogens is 1. The van der Waals surface area contributed by atoms with Crippen LogP contribution in [0.2, 0.25) is 5.02 Å². The number of esters is 1. The molecule has 0 saturated carbocycles. The Morgan fingerprint density at radius 1 is 1.42 bits per heavy atom. The molecule has 0 aliphatic carbocycles. The fourth-order valence-corrected chi connectivity index (χ4v) is 1.81. The van der Waals surface area contributed by atoms with Gasteiger partial charge in [0, 0.05) is 11.1 Å². The Morgan fingerprint density at radius 2 is 2.16 bits per heavy atom. The Morgan fingerprint density at radius 3 is 2.79 bits per heavy atom. The average molecular weight is 286 g/mol. The highest BCUT2D eigenvalue weighted by Crippen LogP contribution is 2.24. The topological polar surface area (TPSA) is 61.5 Å². The largest absolute Gasteiger partial charge is 0.482 e. The summed E-state index contributed by atoms with van der Waals surface area (Å²) in [5.41, 5.74) is 6.85. The molecule has 1 aromatic rings. The van der Waals surface area contributed by atoms with Crippen molar-refractivity contribution in [3.8, 4) is 5.75 Å². The van der Waals surface area contributed by atoms with Gasteiger partial charge in [0.25, 0.3) is 0 Å². The van der Waals surface area contributed by atoms with Gasteiger partial charge in [0.2, 0.25) is 0 Å². The Bertz CT molecular complexity index is 423. The lowest BCUT2D eigenvalue weighted by molar-refractivity contribution is -0.145. The van der Waals surface area contributed by atoms with Crippen LogP contribution in [0.1, 0.15) is 25.8 Å². The molecule has 1 rings (SSSR count). The molecule has 0 saturated heterocycles. The second-order valence-corrected chi connectivity index (χ2v) is 4.65. The van der Waals surface area contributed by atoms with E-state index in [1.54, 1.807) is 19.1 Å². The first kappa shape index (κ1) is 15.8. The Labute approximate surface area is 118 Å². The number of hydrogen-bond donors (Lipinski definition) is 1. The molecule has 4 nitrogen and oxygen atoms in total. The first-order valence-corrected chi connectivity index (χ1v) is 6.77. The van der Waals surface area contributed by atoms with Crippen LogP contribution >= 0.6 is 11.6 Å². The van der Waals surface area contributed by atoms with Crippen LogP contribution in [0.25, 0.3) is 0 Å². The smallest absolute Gasteiger partial charge is 0.344 e. The number of ether oxygens (including phenoxy) is 2. The van der Waals surface area contributed by atoms with Crippen LogP contribution in [-0.4, -0.2) is 25.2 Å². The highest BCUT2D eigenvalue weighted by Gasteiger charge is 2.11. The first-order chi connectivity index (χ1) is 9.06. The number of carbonyl (C=O) groups is 1. The van der Waals surface area contributed by atoms with E-state index < -0.39 is 0 Å². The molecule has 0 fully saturated rings. The fraction of sp³-hybridized carbons (Fsp3) is 0.500. The quantitative estimate of drug-likeness (QED) is 0.782. The number of benzene rings is 1. The van der Waals surface area contributed by atoms with Gasteiger partial charge in [-0.25, -0.2) is 4.79 Å². The van der Waals surface area contributed by atoms with Crippen molar-refractivity contribution < 1.29 is 14.3 Å². The first-order valence-electron chi connectivity index (χ1n) is 6.39. The van der Waals surface area contributed by atoms with Gasteiger partial charge in [-0.3, -0.25) is 0 Å². The maximum absolute atomic E-state index is 11.3. The van der Waals surface area contributed by atoms with E-state index in [4.69, 9.17) is 26.8 Å². The third-order valence-electron chi connectivity index (χ3n) is 2.68. The minimum absolute atomic E-state index is 0.0448. The van der Waals surface area contributed by atoms with E-state index in [-0.39, 0.29) is 18.6 Å². The summed E-state index contributed by atoms with van der Waals surface area (Å²) in [7, 11) is 0. The third-order valence-corrected chi connectivity index (χ3v) is 2.91. The van der Waals surface area contributed by atoms with E-state index in [1.165, 1.54) is 0 Å². The van der Waals surface area contributed by atoms with Gasteiger partial charge in [-0.05, 0) is 43.5 Å². The van der Waals surface area contributed by atoms with E-state index in [2.05, 4.69) is 0 Å². The van der Waals surface area contributed by atoms with Crippen LogP contribution in [0, 0.1) is 0 Å². The highest BCUT2D eigenvalue weighted by molar-refractivity contribution is 6.30. The summed E-state index contributed by atoms with van der Waals surface area (Å²) in [6.07, 6.45) is 1.53. The van der Waals surface area contributed by atoms with Crippen molar-refractivity contribution in [2.75, 3.05) is 13.2 Å². The van der Waals surface area contributed by atoms with Crippen LogP contribution in [0.15, 0.2) is 18.2 Å². The van der Waals surface area contributed by atoms with E-state index >= 15 is 0 Å². The maximum atomic E-state index is 11.3. The Kier molecular flexibility index (Phi) is 6.67. The lowest BCUT2D eigenvalue weighted by Gasteiger charge is -2.14. The molecule has 0 heterocycles. The zero-order valence-corrected chi connectivity index (χ0v) is 12.1. The molecule has 1 aromatic carbocycles. The summed E-state index contributed by atoms with van der Waals surface area (Å²) in [4.78, 5) is 11.3. The van der Waals surface area contributed by atoms with Crippen LogP contribution in [-0.2, 0) is 16.0 Å². The summed E-state index contributed by atoms with van der Waals surface area (Å²) < 4.78 is 10.3. The normalized spacial score (nSPS) is 12.0. The number of hydrogen-bond acceptors (Lipinski definition) is 4. The van der Waals surface area contributed by atoms with Crippen molar-refractivity contribution in [2.45, 2.75) is 32.7 Å². The summed E-state index contributed by atoms with van der Waals surface area (Å²) >= 11 is 5.97. The minimum atomic E-state index is -0.386. The zero-order valence-electron chi connectivity index (χ0n) is 11.3. The predicted octanol–water partition coefficient (Wildman–Crippen LogP) is 2.56. The molecule has 0 spiro atoms. The highest BCUT2D eigenvalue weighted by atomic mass is 35.5. The molecule has 0 amide bonds. The van der Waals surface area contributed by atoms with Gasteiger partial charge < -0.3 is 15.2 Å². The summed E-state index contributed by atoms with van der Waals surface area (Å²) in [6, 6.07) is 5.34. The summed E-state index contributed by atoms with van der Waals surface area (Å²) in [6.45, 7) is 4.01. The number of carbonyl (C=O) groups excluding carboxylic acids is 1. The van der Waals surface area contributed by atoms with Gasteiger partial charge >= 0.3 is 5.97 Å². The molecule has 0 aliphatic heterocycles. The molecule has 0 bridgehead atoms. The molecule has 0 aliphatic rings. The van der Waals surface area contributed by atoms with E-state index in [0.717, 1.165) is 12.0 Å². The molecular weight excluding hydrogens is 266 g/mol. The Balaban J connectivity index is 2.73. The number of nitrogens with two attached hydrogens (primary N) is 1. The van der Waals surface area contributed by atoms with Gasteiger partial charge in [-0.15, -0.1) is 0 Å². The zero-order chi connectivity index (χ0) is 14.3. The van der Waals surface area contributed by atoms with Crippen molar-refractivity contribution in [3.63, 3.8) is 0 Å². The maximum Gasteiger partial charge on any atom is 0.344 e. The molecule has 5 heteroatoms. The van der Waals surface area contributed by atoms with Gasteiger partial charge in [-0.2, -0.15) is 0 Å².